The monoisotopic (exact) mass is 390 g/mol. The van der Waals surface area contributed by atoms with E-state index in [1.165, 1.54) is 5.56 Å². The normalized spacial score (nSPS) is 22.2. The first-order chi connectivity index (χ1) is 14.1. The molecule has 4 heterocycles. The van der Waals surface area contributed by atoms with E-state index in [1.54, 1.807) is 6.20 Å². The van der Waals surface area contributed by atoms with Gasteiger partial charge in [-0.3, -0.25) is 14.7 Å². The van der Waals surface area contributed by atoms with E-state index in [2.05, 4.69) is 15.0 Å². The standard InChI is InChI=1S/C23H26N4O2/c1-16-20(17(2)29-25-16)14-27-13-10-23(27)9-5-12-26(15-23)22(28)21-19-7-4-3-6-18(19)8-11-24-21/h3-4,6-8,11H,5,9-10,12-15H2,1-2H3. The van der Waals surface area contributed by atoms with Crippen molar-refractivity contribution in [1.29, 1.82) is 0 Å². The van der Waals surface area contributed by atoms with E-state index in [1.807, 2.05) is 49.1 Å². The summed E-state index contributed by atoms with van der Waals surface area (Å²) >= 11 is 0. The molecule has 6 nitrogen and oxygen atoms in total. The van der Waals surface area contributed by atoms with Gasteiger partial charge in [0.2, 0.25) is 0 Å². The third-order valence-corrected chi connectivity index (χ3v) is 6.77. The topological polar surface area (TPSA) is 62.5 Å². The van der Waals surface area contributed by atoms with E-state index in [9.17, 15) is 4.79 Å². The molecule has 0 radical (unpaired) electrons. The van der Waals surface area contributed by atoms with Gasteiger partial charge in [-0.05, 0) is 44.6 Å². The molecule has 3 aromatic rings. The molecule has 150 valence electrons. The maximum atomic E-state index is 13.4. The number of carbonyl (C=O) groups excluding carboxylic acids is 1. The van der Waals surface area contributed by atoms with Crippen LogP contribution in [0.4, 0.5) is 0 Å². The largest absolute Gasteiger partial charge is 0.361 e. The minimum Gasteiger partial charge on any atom is -0.361 e. The van der Waals surface area contributed by atoms with E-state index in [0.29, 0.717) is 5.69 Å². The van der Waals surface area contributed by atoms with Crippen molar-refractivity contribution < 1.29 is 9.32 Å². The third-order valence-electron chi connectivity index (χ3n) is 6.77. The molecule has 0 bridgehead atoms. The molecule has 0 aliphatic carbocycles. The number of likely N-dealkylation sites (tertiary alicyclic amines) is 2. The van der Waals surface area contributed by atoms with Gasteiger partial charge < -0.3 is 9.42 Å². The smallest absolute Gasteiger partial charge is 0.273 e. The van der Waals surface area contributed by atoms with Crippen molar-refractivity contribution in [2.45, 2.75) is 45.2 Å². The fourth-order valence-electron chi connectivity index (χ4n) is 4.94. The van der Waals surface area contributed by atoms with Gasteiger partial charge in [0.05, 0.1) is 5.69 Å². The lowest BCUT2D eigenvalue weighted by Gasteiger charge is -2.57. The van der Waals surface area contributed by atoms with Crippen LogP contribution in [-0.4, -0.2) is 51.0 Å². The molecular formula is C23H26N4O2. The average Bonchev–Trinajstić information content (AvgIpc) is 3.07. The summed E-state index contributed by atoms with van der Waals surface area (Å²) in [5.74, 6) is 0.943. The van der Waals surface area contributed by atoms with Crippen LogP contribution in [0, 0.1) is 13.8 Å². The van der Waals surface area contributed by atoms with Crippen LogP contribution in [0.5, 0.6) is 0 Å². The van der Waals surface area contributed by atoms with Crippen LogP contribution in [0.1, 0.15) is 46.8 Å². The van der Waals surface area contributed by atoms with Gasteiger partial charge in [-0.25, -0.2) is 0 Å². The fourth-order valence-corrected chi connectivity index (χ4v) is 4.94. The number of amides is 1. The summed E-state index contributed by atoms with van der Waals surface area (Å²) in [6.45, 7) is 7.44. The number of fused-ring (bicyclic) bond motifs is 1. The highest BCUT2D eigenvalue weighted by Crippen LogP contribution is 2.40. The van der Waals surface area contributed by atoms with Gasteiger partial charge in [0.1, 0.15) is 11.5 Å². The van der Waals surface area contributed by atoms with Crippen LogP contribution in [0.3, 0.4) is 0 Å². The number of nitrogens with zero attached hydrogens (tertiary/aromatic N) is 4. The molecule has 1 amide bonds. The first-order valence-corrected chi connectivity index (χ1v) is 10.4. The van der Waals surface area contributed by atoms with Gasteiger partial charge in [0, 0.05) is 48.9 Å². The highest BCUT2D eigenvalue weighted by molar-refractivity contribution is 6.05. The van der Waals surface area contributed by atoms with Crippen molar-refractivity contribution in [3.63, 3.8) is 0 Å². The number of hydrogen-bond donors (Lipinski definition) is 0. The van der Waals surface area contributed by atoms with Gasteiger partial charge >= 0.3 is 0 Å². The Bertz CT molecular complexity index is 1050. The van der Waals surface area contributed by atoms with Crippen LogP contribution in [0.25, 0.3) is 10.8 Å². The first-order valence-electron chi connectivity index (χ1n) is 10.4. The van der Waals surface area contributed by atoms with E-state index in [-0.39, 0.29) is 11.4 Å². The van der Waals surface area contributed by atoms with Crippen LogP contribution >= 0.6 is 0 Å². The Hall–Kier alpha value is -2.73. The van der Waals surface area contributed by atoms with Crippen LogP contribution < -0.4 is 0 Å². The predicted octanol–water partition coefficient (Wildman–Crippen LogP) is 3.72. The number of benzene rings is 1. The number of piperidine rings is 1. The van der Waals surface area contributed by atoms with Crippen molar-refractivity contribution >= 4 is 16.7 Å². The van der Waals surface area contributed by atoms with Crippen molar-refractivity contribution in [2.75, 3.05) is 19.6 Å². The minimum absolute atomic E-state index is 0.0464. The molecule has 2 saturated heterocycles. The number of rotatable bonds is 3. The zero-order valence-electron chi connectivity index (χ0n) is 17.0. The van der Waals surface area contributed by atoms with Crippen molar-refractivity contribution in [2.24, 2.45) is 0 Å². The summed E-state index contributed by atoms with van der Waals surface area (Å²) in [5.41, 5.74) is 2.78. The number of pyridine rings is 1. The molecule has 1 unspecified atom stereocenters. The molecule has 6 heteroatoms. The van der Waals surface area contributed by atoms with Crippen LogP contribution in [0.2, 0.25) is 0 Å². The van der Waals surface area contributed by atoms with E-state index in [4.69, 9.17) is 4.52 Å². The Morgan fingerprint density at radius 3 is 2.79 bits per heavy atom. The van der Waals surface area contributed by atoms with Gasteiger partial charge in [-0.15, -0.1) is 0 Å². The second kappa shape index (κ2) is 6.95. The number of aromatic nitrogens is 2. The van der Waals surface area contributed by atoms with E-state index in [0.717, 1.165) is 67.7 Å². The molecule has 29 heavy (non-hydrogen) atoms. The fraction of sp³-hybridized carbons (Fsp3) is 0.435. The van der Waals surface area contributed by atoms with Crippen molar-refractivity contribution in [3.05, 3.63) is 59.2 Å². The predicted molar refractivity (Wildman–Crippen MR) is 111 cm³/mol. The molecule has 0 saturated carbocycles. The summed E-state index contributed by atoms with van der Waals surface area (Å²) in [6.07, 6.45) is 5.02. The zero-order chi connectivity index (χ0) is 20.0. The average molecular weight is 390 g/mol. The summed E-state index contributed by atoms with van der Waals surface area (Å²) in [7, 11) is 0. The summed E-state index contributed by atoms with van der Waals surface area (Å²) in [5, 5.41) is 6.09. The lowest BCUT2D eigenvalue weighted by molar-refractivity contribution is -0.0651. The molecule has 0 N–H and O–H groups in total. The SMILES string of the molecule is Cc1noc(C)c1CN1CCC12CCCN(C(=O)c1nccc3ccccc13)C2. The van der Waals surface area contributed by atoms with Gasteiger partial charge in [0.15, 0.2) is 0 Å². The molecule has 2 fully saturated rings. The molecule has 2 aliphatic rings. The van der Waals surface area contributed by atoms with Crippen LogP contribution in [-0.2, 0) is 6.54 Å². The minimum atomic E-state index is 0.0464. The Labute approximate surface area is 170 Å². The van der Waals surface area contributed by atoms with Gasteiger partial charge in [-0.1, -0.05) is 29.4 Å². The molecule has 2 aromatic heterocycles. The maximum Gasteiger partial charge on any atom is 0.273 e. The zero-order valence-corrected chi connectivity index (χ0v) is 17.0. The van der Waals surface area contributed by atoms with E-state index < -0.39 is 0 Å². The number of aryl methyl sites for hydroxylation is 2. The lowest BCUT2D eigenvalue weighted by atomic mass is 9.77. The van der Waals surface area contributed by atoms with Crippen LogP contribution in [0.15, 0.2) is 41.1 Å². The Morgan fingerprint density at radius 2 is 2.03 bits per heavy atom. The molecule has 1 atom stereocenters. The summed E-state index contributed by atoms with van der Waals surface area (Å²) < 4.78 is 5.35. The third kappa shape index (κ3) is 3.02. The van der Waals surface area contributed by atoms with Crippen molar-refractivity contribution in [1.82, 2.24) is 19.9 Å². The molecular weight excluding hydrogens is 364 g/mol. The highest BCUT2D eigenvalue weighted by atomic mass is 16.5. The molecule has 5 rings (SSSR count). The highest BCUT2D eigenvalue weighted by Gasteiger charge is 2.48. The molecule has 1 spiro atoms. The lowest BCUT2D eigenvalue weighted by Crippen LogP contribution is -2.67. The second-order valence-electron chi connectivity index (χ2n) is 8.41. The number of carbonyl (C=O) groups is 1. The van der Waals surface area contributed by atoms with Crippen molar-refractivity contribution in [3.8, 4) is 0 Å². The quantitative estimate of drug-likeness (QED) is 0.682. The van der Waals surface area contributed by atoms with E-state index >= 15 is 0 Å². The second-order valence-corrected chi connectivity index (χ2v) is 8.41. The maximum absolute atomic E-state index is 13.4. The number of hydrogen-bond acceptors (Lipinski definition) is 5. The Balaban J connectivity index is 1.38. The summed E-state index contributed by atoms with van der Waals surface area (Å²) in [4.78, 5) is 22.4. The molecule has 1 aromatic carbocycles. The van der Waals surface area contributed by atoms with Gasteiger partial charge in [0.25, 0.3) is 5.91 Å². The van der Waals surface area contributed by atoms with Gasteiger partial charge in [-0.2, -0.15) is 0 Å². The first kappa shape index (κ1) is 18.3. The Morgan fingerprint density at radius 1 is 1.17 bits per heavy atom. The Kier molecular flexibility index (Phi) is 4.39. The molecule has 2 aliphatic heterocycles. The summed E-state index contributed by atoms with van der Waals surface area (Å²) in [6, 6.07) is 9.94.